The fraction of sp³-hybridized carbons (Fsp3) is 0.188. The summed E-state index contributed by atoms with van der Waals surface area (Å²) in [6, 6.07) is 3.87. The molecule has 1 aromatic carbocycles. The van der Waals surface area contributed by atoms with Crippen molar-refractivity contribution in [3.63, 3.8) is 0 Å². The predicted molar refractivity (Wildman–Crippen MR) is 94.4 cm³/mol. The number of anilines is 2. The van der Waals surface area contributed by atoms with Crippen LogP contribution in [0.4, 0.5) is 11.5 Å². The van der Waals surface area contributed by atoms with Gasteiger partial charge >= 0.3 is 0 Å². The van der Waals surface area contributed by atoms with E-state index in [0.717, 1.165) is 33.6 Å². The average Bonchev–Trinajstić information content (AvgIpc) is 2.46. The van der Waals surface area contributed by atoms with E-state index in [0.29, 0.717) is 0 Å². The molecule has 0 aliphatic rings. The van der Waals surface area contributed by atoms with E-state index in [1.165, 1.54) is 6.92 Å². The van der Waals surface area contributed by atoms with Gasteiger partial charge in [-0.2, -0.15) is 0 Å². The van der Waals surface area contributed by atoms with E-state index in [-0.39, 0.29) is 5.91 Å². The van der Waals surface area contributed by atoms with Crippen molar-refractivity contribution in [3.05, 3.63) is 42.9 Å². The van der Waals surface area contributed by atoms with Gasteiger partial charge in [0.05, 0.1) is 5.52 Å². The van der Waals surface area contributed by atoms with Crippen LogP contribution in [-0.4, -0.2) is 30.8 Å². The smallest absolute Gasteiger partial charge is 0.221 e. The summed E-state index contributed by atoms with van der Waals surface area (Å²) < 4.78 is 0. The first kappa shape index (κ1) is 15.8. The van der Waals surface area contributed by atoms with Crippen LogP contribution in [0, 0.1) is 0 Å². The molecule has 0 saturated carbocycles. The van der Waals surface area contributed by atoms with E-state index in [2.05, 4.69) is 21.9 Å². The van der Waals surface area contributed by atoms with Gasteiger partial charge in [0.15, 0.2) is 0 Å². The maximum atomic E-state index is 11.3. The summed E-state index contributed by atoms with van der Waals surface area (Å²) in [6.45, 7) is 7.19. The van der Waals surface area contributed by atoms with Crippen molar-refractivity contribution in [3.8, 4) is 0 Å². The molecule has 1 heterocycles. The number of hydrogen-bond donors (Lipinski definition) is 1. The number of fused-ring (bicyclic) bond motifs is 1. The Labute approximate surface area is 131 Å². The SMILES string of the molecule is Bc1cc2ncnc(N(C)/C(C)=C/C=C)c2cc1NC(C)=O. The van der Waals surface area contributed by atoms with Gasteiger partial charge in [0, 0.05) is 30.7 Å². The van der Waals surface area contributed by atoms with Crippen LogP contribution >= 0.6 is 0 Å². The maximum absolute atomic E-state index is 11.3. The van der Waals surface area contributed by atoms with Gasteiger partial charge in [-0.25, -0.2) is 9.97 Å². The number of allylic oxidation sites excluding steroid dienone is 3. The highest BCUT2D eigenvalue weighted by Gasteiger charge is 2.12. The first-order chi connectivity index (χ1) is 10.4. The monoisotopic (exact) mass is 294 g/mol. The summed E-state index contributed by atoms with van der Waals surface area (Å²) in [7, 11) is 3.88. The Morgan fingerprint density at radius 3 is 2.73 bits per heavy atom. The Bertz CT molecular complexity index is 770. The molecule has 0 atom stereocenters. The second kappa shape index (κ2) is 6.43. The molecule has 1 N–H and O–H groups in total. The Morgan fingerprint density at radius 2 is 2.09 bits per heavy atom. The third-order valence-corrected chi connectivity index (χ3v) is 3.48. The van der Waals surface area contributed by atoms with Crippen LogP contribution in [0.25, 0.3) is 10.9 Å². The van der Waals surface area contributed by atoms with Crippen molar-refractivity contribution in [1.82, 2.24) is 9.97 Å². The van der Waals surface area contributed by atoms with Crippen LogP contribution in [0.5, 0.6) is 0 Å². The van der Waals surface area contributed by atoms with E-state index < -0.39 is 0 Å². The Morgan fingerprint density at radius 1 is 1.36 bits per heavy atom. The minimum absolute atomic E-state index is 0.100. The molecule has 0 bridgehead atoms. The number of carbonyl (C=O) groups excluding carboxylic acids is 1. The van der Waals surface area contributed by atoms with Gasteiger partial charge in [-0.3, -0.25) is 4.79 Å². The number of benzene rings is 1. The topological polar surface area (TPSA) is 58.1 Å². The zero-order valence-corrected chi connectivity index (χ0v) is 13.3. The quantitative estimate of drug-likeness (QED) is 0.683. The molecule has 112 valence electrons. The van der Waals surface area contributed by atoms with E-state index >= 15 is 0 Å². The summed E-state index contributed by atoms with van der Waals surface area (Å²) in [4.78, 5) is 22.0. The van der Waals surface area contributed by atoms with E-state index in [1.54, 1.807) is 12.4 Å². The zero-order valence-electron chi connectivity index (χ0n) is 13.3. The first-order valence-corrected chi connectivity index (χ1v) is 7.00. The van der Waals surface area contributed by atoms with Crippen molar-refractivity contribution >= 4 is 41.6 Å². The lowest BCUT2D eigenvalue weighted by atomic mass is 9.92. The van der Waals surface area contributed by atoms with Crippen LogP contribution in [0.15, 0.2) is 42.9 Å². The fourth-order valence-electron chi connectivity index (χ4n) is 2.23. The Kier molecular flexibility index (Phi) is 4.60. The van der Waals surface area contributed by atoms with Gasteiger partial charge in [0.2, 0.25) is 5.91 Å². The fourth-order valence-corrected chi connectivity index (χ4v) is 2.23. The predicted octanol–water partition coefficient (Wildman–Crippen LogP) is 1.37. The number of rotatable bonds is 4. The molecule has 22 heavy (non-hydrogen) atoms. The van der Waals surface area contributed by atoms with Gasteiger partial charge < -0.3 is 10.2 Å². The number of aromatic nitrogens is 2. The Balaban J connectivity index is 2.62. The third-order valence-electron chi connectivity index (χ3n) is 3.48. The number of nitrogens with one attached hydrogen (secondary N) is 1. The molecule has 0 aliphatic heterocycles. The van der Waals surface area contributed by atoms with Gasteiger partial charge in [0.25, 0.3) is 0 Å². The van der Waals surface area contributed by atoms with Crippen molar-refractivity contribution in [2.24, 2.45) is 0 Å². The number of carbonyl (C=O) groups is 1. The molecule has 2 rings (SSSR count). The lowest BCUT2D eigenvalue weighted by molar-refractivity contribution is -0.114. The van der Waals surface area contributed by atoms with Gasteiger partial charge in [-0.15, -0.1) is 0 Å². The second-order valence-electron chi connectivity index (χ2n) is 5.17. The highest BCUT2D eigenvalue weighted by Crippen LogP contribution is 2.26. The molecule has 0 aliphatic carbocycles. The molecule has 0 spiro atoms. The Hall–Kier alpha value is -2.63. The van der Waals surface area contributed by atoms with Crippen molar-refractivity contribution in [2.75, 3.05) is 17.3 Å². The summed E-state index contributed by atoms with van der Waals surface area (Å²) in [5.74, 6) is 0.684. The second-order valence-corrected chi connectivity index (χ2v) is 5.17. The lowest BCUT2D eigenvalue weighted by Crippen LogP contribution is -2.19. The summed E-state index contributed by atoms with van der Waals surface area (Å²) in [5, 5.41) is 3.73. The molecule has 5 nitrogen and oxygen atoms in total. The van der Waals surface area contributed by atoms with Crippen molar-refractivity contribution in [2.45, 2.75) is 13.8 Å². The molecule has 2 aromatic rings. The maximum Gasteiger partial charge on any atom is 0.221 e. The highest BCUT2D eigenvalue weighted by atomic mass is 16.1. The molecule has 0 fully saturated rings. The first-order valence-electron chi connectivity index (χ1n) is 7.00. The average molecular weight is 294 g/mol. The number of amides is 1. The summed E-state index contributed by atoms with van der Waals surface area (Å²) >= 11 is 0. The van der Waals surface area contributed by atoms with E-state index in [4.69, 9.17) is 0 Å². The normalized spacial score (nSPS) is 11.3. The van der Waals surface area contributed by atoms with Crippen LogP contribution < -0.4 is 15.7 Å². The molecule has 6 heteroatoms. The largest absolute Gasteiger partial charge is 0.333 e. The molecule has 0 unspecified atom stereocenters. The van der Waals surface area contributed by atoms with Gasteiger partial charge in [-0.05, 0) is 25.1 Å². The van der Waals surface area contributed by atoms with Gasteiger partial charge in [-0.1, -0.05) is 18.1 Å². The summed E-state index contributed by atoms with van der Waals surface area (Å²) in [5.41, 5.74) is 3.59. The lowest BCUT2D eigenvalue weighted by Gasteiger charge is -2.20. The van der Waals surface area contributed by atoms with Crippen LogP contribution in [-0.2, 0) is 4.79 Å². The molecular formula is C16H19BN4O. The minimum Gasteiger partial charge on any atom is -0.333 e. The third kappa shape index (κ3) is 3.16. The van der Waals surface area contributed by atoms with Gasteiger partial charge in [0.1, 0.15) is 20.0 Å². The zero-order chi connectivity index (χ0) is 16.3. The molecule has 1 aromatic heterocycles. The van der Waals surface area contributed by atoms with E-state index in [9.17, 15) is 4.79 Å². The van der Waals surface area contributed by atoms with Crippen molar-refractivity contribution in [1.29, 1.82) is 0 Å². The van der Waals surface area contributed by atoms with Crippen LogP contribution in [0.1, 0.15) is 13.8 Å². The summed E-state index contributed by atoms with van der Waals surface area (Å²) in [6.07, 6.45) is 5.20. The number of nitrogens with zero attached hydrogens (tertiary/aromatic N) is 3. The van der Waals surface area contributed by atoms with Crippen LogP contribution in [0.3, 0.4) is 0 Å². The molecule has 1 amide bonds. The minimum atomic E-state index is -0.100. The molecule has 0 radical (unpaired) electrons. The molecular weight excluding hydrogens is 275 g/mol. The van der Waals surface area contributed by atoms with Crippen molar-refractivity contribution < 1.29 is 4.79 Å². The van der Waals surface area contributed by atoms with Crippen LogP contribution in [0.2, 0.25) is 0 Å². The van der Waals surface area contributed by atoms with E-state index in [1.807, 2.05) is 44.9 Å². The molecule has 0 saturated heterocycles. The number of hydrogen-bond acceptors (Lipinski definition) is 4. The highest BCUT2D eigenvalue weighted by molar-refractivity contribution is 6.37. The standard InChI is InChI=1S/C16H19BN4O/c1-5-6-10(2)21(4)16-12-7-15(20-11(3)22)13(17)8-14(12)18-9-19-16/h5-9H,1,17H2,2-4H3,(H,20,22)/b10-6+.